The van der Waals surface area contributed by atoms with Gasteiger partial charge in [-0.15, -0.1) is 0 Å². The second kappa shape index (κ2) is 19.1. The van der Waals surface area contributed by atoms with Crippen molar-refractivity contribution in [1.29, 1.82) is 0 Å². The maximum atomic E-state index is 5.61. The van der Waals surface area contributed by atoms with Crippen LogP contribution in [0.1, 0.15) is 158 Å². The molecular weight excluding hydrogens is 1050 g/mol. The predicted molar refractivity (Wildman–Crippen MR) is 375 cm³/mol. The van der Waals surface area contributed by atoms with E-state index in [4.69, 9.17) is 9.97 Å². The van der Waals surface area contributed by atoms with E-state index in [2.05, 4.69) is 310 Å². The Morgan fingerprint density at radius 3 is 1.01 bits per heavy atom. The summed E-state index contributed by atoms with van der Waals surface area (Å²) in [7, 11) is 0. The van der Waals surface area contributed by atoms with Crippen LogP contribution in [0.5, 0.6) is 0 Å². The van der Waals surface area contributed by atoms with Gasteiger partial charge in [0.05, 0.1) is 22.4 Å². The van der Waals surface area contributed by atoms with Crippen molar-refractivity contribution in [3.63, 3.8) is 0 Å². The Morgan fingerprint density at radius 1 is 0.310 bits per heavy atom. The summed E-state index contributed by atoms with van der Waals surface area (Å²) < 4.78 is 5.30. The molecule has 0 aliphatic carbocycles. The number of fused-ring (bicyclic) bond motifs is 10. The van der Waals surface area contributed by atoms with Crippen LogP contribution in [0.3, 0.4) is 0 Å². The van der Waals surface area contributed by atoms with E-state index in [9.17, 15) is 0 Å². The van der Waals surface area contributed by atoms with Crippen molar-refractivity contribution < 1.29 is 0 Å². The van der Waals surface area contributed by atoms with Crippen molar-refractivity contribution in [3.05, 3.63) is 209 Å². The van der Waals surface area contributed by atoms with Crippen LogP contribution in [0.2, 0.25) is 0 Å². The van der Waals surface area contributed by atoms with Gasteiger partial charge in [-0.1, -0.05) is 258 Å². The standard InChI is InChI=1S/C82H83BN4/c1-77(2,3)53-29-35-67-61(45-53)71-59(50-37-55(79(7,8)9)43-56(38-50)80(10,11)12)31-33-63-74(71)86(67)69-41-52(76-84-65(48-25-21-19-22-26-48)47-66(85-76)49-27-23-20-24-28-49)42-70-73(69)83(63)64-34-32-60(51-39-57(81(13,14)15)44-58(40-51)82(16,17)18)72-62-46-54(78(4,5)6)30-36-68(62)87(70)75(64)72/h19-47H,1-18H3. The predicted octanol–water partition coefficient (Wildman–Crippen LogP) is 19.9. The van der Waals surface area contributed by atoms with Gasteiger partial charge in [-0.2, -0.15) is 0 Å². The summed E-state index contributed by atoms with van der Waals surface area (Å²) in [4.78, 5) is 11.2. The zero-order chi connectivity index (χ0) is 61.4. The maximum absolute atomic E-state index is 5.61. The Balaban J connectivity index is 1.18. The van der Waals surface area contributed by atoms with Gasteiger partial charge in [0.15, 0.2) is 5.82 Å². The second-order valence-electron chi connectivity index (χ2n) is 31.6. The van der Waals surface area contributed by atoms with E-state index in [1.54, 1.807) is 0 Å². The molecule has 434 valence electrons. The van der Waals surface area contributed by atoms with E-state index < -0.39 is 0 Å². The maximum Gasteiger partial charge on any atom is 0.252 e. The quantitative estimate of drug-likeness (QED) is 0.161. The van der Waals surface area contributed by atoms with Crippen molar-refractivity contribution in [1.82, 2.24) is 19.1 Å². The summed E-state index contributed by atoms with van der Waals surface area (Å²) in [6.07, 6.45) is 0. The van der Waals surface area contributed by atoms with Gasteiger partial charge in [-0.25, -0.2) is 9.97 Å². The van der Waals surface area contributed by atoms with E-state index >= 15 is 0 Å². The van der Waals surface area contributed by atoms with E-state index in [-0.39, 0.29) is 39.2 Å². The van der Waals surface area contributed by atoms with Crippen molar-refractivity contribution in [2.45, 2.75) is 157 Å². The molecule has 0 bridgehead atoms. The molecule has 0 amide bonds. The number of hydrogen-bond donors (Lipinski definition) is 0. The lowest BCUT2D eigenvalue weighted by Crippen LogP contribution is -2.59. The van der Waals surface area contributed by atoms with Gasteiger partial charge < -0.3 is 9.13 Å². The molecule has 0 unspecified atom stereocenters. The molecule has 2 aliphatic heterocycles. The first-order valence-corrected chi connectivity index (χ1v) is 31.7. The molecule has 87 heavy (non-hydrogen) atoms. The summed E-state index contributed by atoms with van der Waals surface area (Å²) in [6.45, 7) is 42.2. The van der Waals surface area contributed by atoms with Crippen LogP contribution in [0.25, 0.3) is 111 Å². The summed E-state index contributed by atoms with van der Waals surface area (Å²) in [6, 6.07) is 67.8. The zero-order valence-corrected chi connectivity index (χ0v) is 54.6. The average Bonchev–Trinajstić information content (AvgIpc) is 1.57. The molecule has 0 saturated carbocycles. The van der Waals surface area contributed by atoms with Crippen molar-refractivity contribution in [3.8, 4) is 67.5 Å². The van der Waals surface area contributed by atoms with Gasteiger partial charge in [0.25, 0.3) is 6.71 Å². The number of nitrogens with zero attached hydrogens (tertiary/aromatic N) is 4. The minimum absolute atomic E-state index is 0.0615. The molecule has 0 atom stereocenters. The third kappa shape index (κ3) is 9.23. The SMILES string of the molecule is CC(C)(C)c1cc(-c2ccc3c4c2c2cc(C(C)(C)C)ccc2n4-c2cc(-c4nc(-c5ccccc5)cc(-c5ccccc5)n4)cc4c2B3c2ccc(-c3cc(C(C)(C)C)cc(C(C)(C)C)c3)c3c5cc(C(C)(C)C)ccc5n-4c23)cc(C(C)(C)C)c1. The minimum atomic E-state index is -0.108. The number of aromatic nitrogens is 4. The molecule has 0 radical (unpaired) electrons. The first kappa shape index (κ1) is 56.5. The Labute approximate surface area is 516 Å². The normalized spacial score (nSPS) is 13.6. The van der Waals surface area contributed by atoms with Gasteiger partial charge in [0.2, 0.25) is 0 Å². The summed E-state index contributed by atoms with van der Waals surface area (Å²) in [5.41, 5.74) is 28.7. The van der Waals surface area contributed by atoms with Gasteiger partial charge >= 0.3 is 0 Å². The highest BCUT2D eigenvalue weighted by Gasteiger charge is 2.43. The third-order valence-corrected chi connectivity index (χ3v) is 19.2. The largest absolute Gasteiger partial charge is 0.310 e. The van der Waals surface area contributed by atoms with Crippen LogP contribution in [0.4, 0.5) is 0 Å². The van der Waals surface area contributed by atoms with E-state index in [1.165, 1.54) is 116 Å². The summed E-state index contributed by atoms with van der Waals surface area (Å²) in [5.74, 6) is 0.692. The van der Waals surface area contributed by atoms with Gasteiger partial charge in [0.1, 0.15) is 0 Å². The molecule has 5 heterocycles. The molecule has 0 fully saturated rings. The van der Waals surface area contributed by atoms with E-state index in [0.29, 0.717) is 5.82 Å². The Morgan fingerprint density at radius 2 is 0.667 bits per heavy atom. The van der Waals surface area contributed by atoms with Crippen LogP contribution in [0.15, 0.2) is 176 Å². The van der Waals surface area contributed by atoms with Crippen LogP contribution in [-0.4, -0.2) is 25.8 Å². The van der Waals surface area contributed by atoms with Gasteiger partial charge in [-0.3, -0.25) is 0 Å². The molecule has 9 aromatic carbocycles. The first-order chi connectivity index (χ1) is 40.9. The fourth-order valence-corrected chi connectivity index (χ4v) is 14.0. The zero-order valence-electron chi connectivity index (χ0n) is 54.6. The van der Waals surface area contributed by atoms with E-state index in [1.807, 2.05) is 0 Å². The van der Waals surface area contributed by atoms with E-state index in [0.717, 1.165) is 39.5 Å². The lowest BCUT2D eigenvalue weighted by atomic mass is 9.34. The fraction of sp³-hybridized carbons (Fsp3) is 0.293. The summed E-state index contributed by atoms with van der Waals surface area (Å²) in [5, 5.41) is 5.14. The minimum Gasteiger partial charge on any atom is -0.310 e. The van der Waals surface area contributed by atoms with Crippen LogP contribution >= 0.6 is 0 Å². The van der Waals surface area contributed by atoms with Crippen LogP contribution < -0.4 is 16.4 Å². The molecule has 14 rings (SSSR count). The van der Waals surface area contributed by atoms with Crippen molar-refractivity contribution in [2.75, 3.05) is 0 Å². The molecule has 0 spiro atoms. The Kier molecular flexibility index (Phi) is 12.4. The fourth-order valence-electron chi connectivity index (χ4n) is 14.0. The Hall–Kier alpha value is -8.28. The molecule has 12 aromatic rings. The molecule has 0 saturated heterocycles. The van der Waals surface area contributed by atoms with Crippen LogP contribution in [-0.2, 0) is 32.5 Å². The number of rotatable bonds is 5. The topological polar surface area (TPSA) is 35.6 Å². The molecule has 5 heteroatoms. The lowest BCUT2D eigenvalue weighted by Gasteiger charge is -2.34. The lowest BCUT2D eigenvalue weighted by molar-refractivity contribution is 0.568. The number of benzene rings is 9. The highest BCUT2D eigenvalue weighted by atomic mass is 15.0. The van der Waals surface area contributed by atoms with Crippen LogP contribution in [0, 0.1) is 0 Å². The third-order valence-electron chi connectivity index (χ3n) is 19.2. The molecule has 3 aromatic heterocycles. The monoisotopic (exact) mass is 1130 g/mol. The van der Waals surface area contributed by atoms with Gasteiger partial charge in [-0.05, 0) is 147 Å². The molecular formula is C82H83BN4. The highest BCUT2D eigenvalue weighted by molar-refractivity contribution is 7.00. The first-order valence-electron chi connectivity index (χ1n) is 31.7. The summed E-state index contributed by atoms with van der Waals surface area (Å²) >= 11 is 0. The number of hydrogen-bond acceptors (Lipinski definition) is 2. The average molecular weight is 1140 g/mol. The molecule has 0 N–H and O–H groups in total. The Bertz CT molecular complexity index is 4470. The second-order valence-corrected chi connectivity index (χ2v) is 31.6. The molecule has 4 nitrogen and oxygen atoms in total. The van der Waals surface area contributed by atoms with Gasteiger partial charge in [0, 0.05) is 60.6 Å². The van der Waals surface area contributed by atoms with Crippen molar-refractivity contribution in [2.24, 2.45) is 0 Å². The smallest absolute Gasteiger partial charge is 0.252 e. The molecule has 2 aliphatic rings. The highest BCUT2D eigenvalue weighted by Crippen LogP contribution is 2.48. The van der Waals surface area contributed by atoms with Crippen molar-refractivity contribution >= 4 is 66.7 Å².